The zero-order valence-corrected chi connectivity index (χ0v) is 15.4. The molecular formula is C18H29N5O3. The zero-order chi connectivity index (χ0) is 18.4. The highest BCUT2D eigenvalue weighted by atomic mass is 16.5. The third-order valence-electron chi connectivity index (χ3n) is 5.43. The molecule has 1 aromatic rings. The van der Waals surface area contributed by atoms with E-state index in [4.69, 9.17) is 4.74 Å². The Morgan fingerprint density at radius 3 is 2.81 bits per heavy atom. The fourth-order valence-corrected chi connectivity index (χ4v) is 3.95. The summed E-state index contributed by atoms with van der Waals surface area (Å²) >= 11 is 0. The first-order chi connectivity index (χ1) is 12.7. The van der Waals surface area contributed by atoms with Gasteiger partial charge in [0.2, 0.25) is 5.91 Å². The van der Waals surface area contributed by atoms with Crippen molar-refractivity contribution in [2.75, 3.05) is 46.4 Å². The number of hydrogen-bond donors (Lipinski definition) is 2. The molecule has 0 unspecified atom stereocenters. The van der Waals surface area contributed by atoms with Crippen molar-refractivity contribution < 1.29 is 14.3 Å². The molecule has 26 heavy (non-hydrogen) atoms. The van der Waals surface area contributed by atoms with Gasteiger partial charge in [0.1, 0.15) is 5.69 Å². The number of ether oxygens (including phenoxy) is 1. The summed E-state index contributed by atoms with van der Waals surface area (Å²) in [6.45, 7) is 4.48. The van der Waals surface area contributed by atoms with Crippen molar-refractivity contribution in [3.05, 3.63) is 18.0 Å². The molecule has 3 heterocycles. The Hall–Kier alpha value is -1.93. The number of carbonyl (C=O) groups is 2. The lowest BCUT2D eigenvalue weighted by Gasteiger charge is -2.42. The standard InChI is InChI=1S/C18H29N5O3/c1-26-12-8-19-17(24)14-3-2-9-23(13-14)15-5-10-22(11-6-15)18(25)16-4-7-20-21-16/h4,7,14-15H,2-3,5-6,8-13H2,1H3,(H,19,24)(H,20,21)/t14-/m0/s1. The molecule has 0 radical (unpaired) electrons. The molecule has 2 fully saturated rings. The lowest BCUT2D eigenvalue weighted by molar-refractivity contribution is -0.127. The summed E-state index contributed by atoms with van der Waals surface area (Å²) in [6, 6.07) is 2.17. The number of hydrogen-bond acceptors (Lipinski definition) is 5. The number of rotatable bonds is 6. The Morgan fingerprint density at radius 1 is 1.31 bits per heavy atom. The van der Waals surface area contributed by atoms with Crippen LogP contribution in [-0.4, -0.2) is 84.3 Å². The van der Waals surface area contributed by atoms with Gasteiger partial charge in [0.25, 0.3) is 5.91 Å². The molecule has 0 aromatic carbocycles. The summed E-state index contributed by atoms with van der Waals surface area (Å²) in [4.78, 5) is 29.0. The predicted molar refractivity (Wildman–Crippen MR) is 96.7 cm³/mol. The van der Waals surface area contributed by atoms with Crippen LogP contribution >= 0.6 is 0 Å². The zero-order valence-electron chi connectivity index (χ0n) is 15.4. The first kappa shape index (κ1) is 18.8. The van der Waals surface area contributed by atoms with Crippen LogP contribution in [0, 0.1) is 5.92 Å². The normalized spacial score (nSPS) is 22.3. The maximum absolute atomic E-state index is 12.4. The number of carbonyl (C=O) groups excluding carboxylic acids is 2. The van der Waals surface area contributed by atoms with E-state index in [-0.39, 0.29) is 17.7 Å². The Balaban J connectivity index is 1.46. The summed E-state index contributed by atoms with van der Waals surface area (Å²) in [6.07, 6.45) is 5.52. The first-order valence-electron chi connectivity index (χ1n) is 9.48. The monoisotopic (exact) mass is 363 g/mol. The Bertz CT molecular complexity index is 584. The molecule has 0 spiro atoms. The number of H-pyrrole nitrogens is 1. The molecule has 2 aliphatic rings. The van der Waals surface area contributed by atoms with Gasteiger partial charge in [-0.3, -0.25) is 19.6 Å². The van der Waals surface area contributed by atoms with Gasteiger partial charge in [0, 0.05) is 45.5 Å². The largest absolute Gasteiger partial charge is 0.383 e. The van der Waals surface area contributed by atoms with E-state index >= 15 is 0 Å². The lowest BCUT2D eigenvalue weighted by Crippen LogP contribution is -2.51. The summed E-state index contributed by atoms with van der Waals surface area (Å²) in [5.41, 5.74) is 0.550. The number of piperidine rings is 2. The van der Waals surface area contributed by atoms with Crippen LogP contribution in [0.5, 0.6) is 0 Å². The quantitative estimate of drug-likeness (QED) is 0.718. The highest BCUT2D eigenvalue weighted by Gasteiger charge is 2.32. The number of nitrogens with zero attached hydrogens (tertiary/aromatic N) is 3. The van der Waals surface area contributed by atoms with Gasteiger partial charge in [-0.05, 0) is 38.3 Å². The molecule has 2 saturated heterocycles. The van der Waals surface area contributed by atoms with Crippen molar-refractivity contribution in [3.8, 4) is 0 Å². The van der Waals surface area contributed by atoms with E-state index < -0.39 is 0 Å². The number of nitrogens with one attached hydrogen (secondary N) is 2. The molecule has 1 aromatic heterocycles. The van der Waals surface area contributed by atoms with Crippen LogP contribution in [0.15, 0.2) is 12.3 Å². The average Bonchev–Trinajstić information content (AvgIpc) is 3.22. The van der Waals surface area contributed by atoms with Gasteiger partial charge >= 0.3 is 0 Å². The Morgan fingerprint density at radius 2 is 2.12 bits per heavy atom. The van der Waals surface area contributed by atoms with Gasteiger partial charge in [0.05, 0.1) is 12.5 Å². The van der Waals surface area contributed by atoms with Crippen molar-refractivity contribution >= 4 is 11.8 Å². The van der Waals surface area contributed by atoms with Crippen molar-refractivity contribution in [1.29, 1.82) is 0 Å². The molecule has 0 saturated carbocycles. The smallest absolute Gasteiger partial charge is 0.271 e. The van der Waals surface area contributed by atoms with Crippen molar-refractivity contribution in [2.24, 2.45) is 5.92 Å². The maximum Gasteiger partial charge on any atom is 0.271 e. The summed E-state index contributed by atoms with van der Waals surface area (Å²) in [5, 5.41) is 9.56. The van der Waals surface area contributed by atoms with Crippen molar-refractivity contribution in [2.45, 2.75) is 31.7 Å². The van der Waals surface area contributed by atoms with Crippen LogP contribution in [0.1, 0.15) is 36.2 Å². The van der Waals surface area contributed by atoms with Gasteiger partial charge in [-0.25, -0.2) is 0 Å². The average molecular weight is 363 g/mol. The van der Waals surface area contributed by atoms with Gasteiger partial charge in [0.15, 0.2) is 0 Å². The number of methoxy groups -OCH3 is 1. The van der Waals surface area contributed by atoms with Crippen LogP contribution in [0.25, 0.3) is 0 Å². The van der Waals surface area contributed by atoms with E-state index in [1.165, 1.54) is 0 Å². The van der Waals surface area contributed by atoms with Gasteiger partial charge in [-0.15, -0.1) is 0 Å². The van der Waals surface area contributed by atoms with E-state index in [0.29, 0.717) is 24.9 Å². The summed E-state index contributed by atoms with van der Waals surface area (Å²) in [5.74, 6) is 0.221. The van der Waals surface area contributed by atoms with E-state index in [9.17, 15) is 9.59 Å². The van der Waals surface area contributed by atoms with Crippen LogP contribution in [0.2, 0.25) is 0 Å². The van der Waals surface area contributed by atoms with E-state index in [1.54, 1.807) is 19.4 Å². The Kier molecular flexibility index (Phi) is 6.62. The molecule has 2 amide bonds. The first-order valence-corrected chi connectivity index (χ1v) is 9.48. The van der Waals surface area contributed by atoms with Crippen LogP contribution in [0.3, 0.4) is 0 Å². The molecule has 2 N–H and O–H groups in total. The highest BCUT2D eigenvalue weighted by molar-refractivity contribution is 5.92. The molecule has 144 valence electrons. The molecule has 8 heteroatoms. The molecule has 0 bridgehead atoms. The lowest BCUT2D eigenvalue weighted by atomic mass is 9.93. The van der Waals surface area contributed by atoms with Crippen LogP contribution in [-0.2, 0) is 9.53 Å². The molecule has 3 rings (SSSR count). The number of amides is 2. The van der Waals surface area contributed by atoms with Gasteiger partial charge in [-0.1, -0.05) is 0 Å². The maximum atomic E-state index is 12.4. The van der Waals surface area contributed by atoms with Crippen molar-refractivity contribution in [3.63, 3.8) is 0 Å². The van der Waals surface area contributed by atoms with Gasteiger partial charge < -0.3 is 15.0 Å². The number of likely N-dealkylation sites (tertiary alicyclic amines) is 2. The predicted octanol–water partition coefficient (Wildman–Crippen LogP) is 0.489. The fraction of sp³-hybridized carbons (Fsp3) is 0.722. The molecule has 8 nitrogen and oxygen atoms in total. The molecule has 1 atom stereocenters. The van der Waals surface area contributed by atoms with Crippen LogP contribution < -0.4 is 5.32 Å². The van der Waals surface area contributed by atoms with Crippen LogP contribution in [0.4, 0.5) is 0 Å². The van der Waals surface area contributed by atoms with Gasteiger partial charge in [-0.2, -0.15) is 5.10 Å². The van der Waals surface area contributed by atoms with Crippen molar-refractivity contribution in [1.82, 2.24) is 25.3 Å². The molecule has 0 aliphatic carbocycles. The highest BCUT2D eigenvalue weighted by Crippen LogP contribution is 2.24. The summed E-state index contributed by atoms with van der Waals surface area (Å²) in [7, 11) is 1.64. The van der Waals surface area contributed by atoms with E-state index in [2.05, 4.69) is 20.4 Å². The minimum absolute atomic E-state index is 0.0231. The van der Waals surface area contributed by atoms with E-state index in [1.807, 2.05) is 4.90 Å². The second-order valence-corrected chi connectivity index (χ2v) is 7.11. The second-order valence-electron chi connectivity index (χ2n) is 7.11. The minimum Gasteiger partial charge on any atom is -0.383 e. The Labute approximate surface area is 154 Å². The number of aromatic nitrogens is 2. The second kappa shape index (κ2) is 9.14. The minimum atomic E-state index is 0.0231. The van der Waals surface area contributed by atoms with E-state index in [0.717, 1.165) is 51.9 Å². The molecular weight excluding hydrogens is 334 g/mol. The SMILES string of the molecule is COCCNC(=O)[C@H]1CCCN(C2CCN(C(=O)c3ccn[nH]3)CC2)C1. The number of aromatic amines is 1. The molecule has 2 aliphatic heterocycles. The third-order valence-corrected chi connectivity index (χ3v) is 5.43. The third kappa shape index (κ3) is 4.62. The fourth-order valence-electron chi connectivity index (χ4n) is 3.95. The topological polar surface area (TPSA) is 90.6 Å². The summed E-state index contributed by atoms with van der Waals surface area (Å²) < 4.78 is 4.99.